The largest absolute Gasteiger partial charge is 0.480 e. The second-order valence-electron chi connectivity index (χ2n) is 5.78. The van der Waals surface area contributed by atoms with Crippen LogP contribution in [0.5, 0.6) is 0 Å². The van der Waals surface area contributed by atoms with Crippen LogP contribution in [-0.2, 0) is 17.6 Å². The minimum absolute atomic E-state index is 0.103. The highest BCUT2D eigenvalue weighted by Crippen LogP contribution is 2.11. The van der Waals surface area contributed by atoms with Gasteiger partial charge in [0, 0.05) is 6.04 Å². The van der Waals surface area contributed by atoms with E-state index in [4.69, 9.17) is 0 Å². The number of carbonyl (C=O) groups is 1. The third-order valence-electron chi connectivity index (χ3n) is 3.85. The Labute approximate surface area is 132 Å². The maximum Gasteiger partial charge on any atom is 0.321 e. The van der Waals surface area contributed by atoms with Gasteiger partial charge in [0.15, 0.2) is 0 Å². The molecular formula is C19H23NO2. The van der Waals surface area contributed by atoms with Crippen LogP contribution in [0, 0.1) is 6.92 Å². The predicted molar refractivity (Wildman–Crippen MR) is 89.1 cm³/mol. The van der Waals surface area contributed by atoms with E-state index in [1.165, 1.54) is 11.1 Å². The van der Waals surface area contributed by atoms with Crippen LogP contribution in [0.1, 0.15) is 23.6 Å². The van der Waals surface area contributed by atoms with Crippen LogP contribution in [0.4, 0.5) is 0 Å². The smallest absolute Gasteiger partial charge is 0.321 e. The van der Waals surface area contributed by atoms with Crippen LogP contribution in [0.3, 0.4) is 0 Å². The van der Waals surface area contributed by atoms with E-state index in [1.54, 1.807) is 0 Å². The molecule has 22 heavy (non-hydrogen) atoms. The van der Waals surface area contributed by atoms with Gasteiger partial charge in [0.05, 0.1) is 0 Å². The zero-order valence-electron chi connectivity index (χ0n) is 13.1. The minimum atomic E-state index is -0.805. The first-order chi connectivity index (χ1) is 10.6. The molecule has 0 radical (unpaired) electrons. The Hall–Kier alpha value is -2.13. The Morgan fingerprint density at radius 3 is 2.32 bits per heavy atom. The van der Waals surface area contributed by atoms with Gasteiger partial charge in [-0.05, 0) is 43.4 Å². The van der Waals surface area contributed by atoms with Crippen molar-refractivity contribution in [2.75, 3.05) is 0 Å². The predicted octanol–water partition coefficient (Wildman–Crippen LogP) is 3.21. The van der Waals surface area contributed by atoms with Crippen LogP contribution in [0.25, 0.3) is 0 Å². The number of carboxylic acids is 1. The van der Waals surface area contributed by atoms with Crippen LogP contribution in [0.15, 0.2) is 54.6 Å². The van der Waals surface area contributed by atoms with Crippen LogP contribution in [-0.4, -0.2) is 23.2 Å². The fourth-order valence-corrected chi connectivity index (χ4v) is 2.64. The van der Waals surface area contributed by atoms with E-state index < -0.39 is 12.0 Å². The third-order valence-corrected chi connectivity index (χ3v) is 3.85. The maximum atomic E-state index is 11.5. The second-order valence-corrected chi connectivity index (χ2v) is 5.78. The van der Waals surface area contributed by atoms with E-state index in [1.807, 2.05) is 49.4 Å². The summed E-state index contributed by atoms with van der Waals surface area (Å²) in [4.78, 5) is 11.5. The minimum Gasteiger partial charge on any atom is -0.480 e. The maximum absolute atomic E-state index is 11.5. The normalized spacial score (nSPS) is 13.5. The molecular weight excluding hydrogens is 274 g/mol. The highest BCUT2D eigenvalue weighted by Gasteiger charge is 2.20. The lowest BCUT2D eigenvalue weighted by atomic mass is 10.00. The summed E-state index contributed by atoms with van der Waals surface area (Å²) < 4.78 is 0. The Morgan fingerprint density at radius 2 is 1.68 bits per heavy atom. The number of rotatable bonds is 7. The summed E-state index contributed by atoms with van der Waals surface area (Å²) in [6.45, 7) is 4.12. The number of hydrogen-bond donors (Lipinski definition) is 2. The van der Waals surface area contributed by atoms with Crippen molar-refractivity contribution in [3.63, 3.8) is 0 Å². The van der Waals surface area contributed by atoms with Gasteiger partial charge in [-0.2, -0.15) is 0 Å². The number of benzene rings is 2. The average Bonchev–Trinajstić information content (AvgIpc) is 2.50. The molecule has 0 aromatic heterocycles. The van der Waals surface area contributed by atoms with Crippen LogP contribution in [0.2, 0.25) is 0 Å². The summed E-state index contributed by atoms with van der Waals surface area (Å²) in [7, 11) is 0. The zero-order chi connectivity index (χ0) is 15.9. The zero-order valence-corrected chi connectivity index (χ0v) is 13.1. The monoisotopic (exact) mass is 297 g/mol. The summed E-state index contributed by atoms with van der Waals surface area (Å²) >= 11 is 0. The SMILES string of the molecule is Cc1ccccc1CC(C)N[C@H](Cc1ccccc1)C(=O)O. The van der Waals surface area contributed by atoms with Gasteiger partial charge in [0.1, 0.15) is 6.04 Å². The van der Waals surface area contributed by atoms with Crippen molar-refractivity contribution in [1.29, 1.82) is 0 Å². The van der Waals surface area contributed by atoms with E-state index in [2.05, 4.69) is 24.4 Å². The molecule has 0 fully saturated rings. The van der Waals surface area contributed by atoms with Crippen LogP contribution >= 0.6 is 0 Å². The van der Waals surface area contributed by atoms with E-state index in [9.17, 15) is 9.90 Å². The van der Waals surface area contributed by atoms with Crippen molar-refractivity contribution in [1.82, 2.24) is 5.32 Å². The Bertz CT molecular complexity index is 610. The van der Waals surface area contributed by atoms with E-state index in [0.29, 0.717) is 6.42 Å². The van der Waals surface area contributed by atoms with Gasteiger partial charge in [0.2, 0.25) is 0 Å². The lowest BCUT2D eigenvalue weighted by molar-refractivity contribution is -0.139. The molecule has 2 atom stereocenters. The number of hydrogen-bond acceptors (Lipinski definition) is 2. The molecule has 0 saturated heterocycles. The van der Waals surface area contributed by atoms with Crippen LogP contribution < -0.4 is 5.32 Å². The van der Waals surface area contributed by atoms with Gasteiger partial charge in [-0.1, -0.05) is 54.6 Å². The first-order valence-electron chi connectivity index (χ1n) is 7.63. The summed E-state index contributed by atoms with van der Waals surface area (Å²) in [5, 5.41) is 12.7. The van der Waals surface area contributed by atoms with Gasteiger partial charge in [-0.15, -0.1) is 0 Å². The van der Waals surface area contributed by atoms with E-state index in [0.717, 1.165) is 12.0 Å². The molecule has 2 aromatic rings. The molecule has 0 aliphatic rings. The summed E-state index contributed by atoms with van der Waals surface area (Å²) in [6.07, 6.45) is 1.32. The van der Waals surface area contributed by atoms with Crippen molar-refractivity contribution in [3.8, 4) is 0 Å². The average molecular weight is 297 g/mol. The molecule has 0 aliphatic carbocycles. The topological polar surface area (TPSA) is 49.3 Å². The van der Waals surface area contributed by atoms with E-state index >= 15 is 0 Å². The van der Waals surface area contributed by atoms with Gasteiger partial charge in [-0.3, -0.25) is 4.79 Å². The fourth-order valence-electron chi connectivity index (χ4n) is 2.64. The summed E-state index contributed by atoms with van der Waals surface area (Å²) in [5.41, 5.74) is 3.53. The summed E-state index contributed by atoms with van der Waals surface area (Å²) in [5.74, 6) is -0.805. The Balaban J connectivity index is 1.99. The molecule has 3 heteroatoms. The van der Waals surface area contributed by atoms with Crippen molar-refractivity contribution in [2.45, 2.75) is 38.8 Å². The van der Waals surface area contributed by atoms with Crippen molar-refractivity contribution in [2.24, 2.45) is 0 Å². The molecule has 2 rings (SSSR count). The molecule has 0 heterocycles. The molecule has 2 aromatic carbocycles. The highest BCUT2D eigenvalue weighted by atomic mass is 16.4. The van der Waals surface area contributed by atoms with Gasteiger partial charge in [0.25, 0.3) is 0 Å². The number of aliphatic carboxylic acids is 1. The van der Waals surface area contributed by atoms with Crippen molar-refractivity contribution < 1.29 is 9.90 Å². The number of carboxylic acid groups (broad SMARTS) is 1. The molecule has 0 spiro atoms. The number of aryl methyl sites for hydroxylation is 1. The number of nitrogens with one attached hydrogen (secondary N) is 1. The van der Waals surface area contributed by atoms with E-state index in [-0.39, 0.29) is 6.04 Å². The van der Waals surface area contributed by atoms with Crippen molar-refractivity contribution in [3.05, 3.63) is 71.3 Å². The lowest BCUT2D eigenvalue weighted by Crippen LogP contribution is -2.44. The summed E-state index contributed by atoms with van der Waals surface area (Å²) in [6, 6.07) is 17.5. The van der Waals surface area contributed by atoms with Gasteiger partial charge >= 0.3 is 5.97 Å². The molecule has 3 nitrogen and oxygen atoms in total. The standard InChI is InChI=1S/C19H23NO2/c1-14-8-6-7-11-17(14)12-15(2)20-18(19(21)22)13-16-9-4-3-5-10-16/h3-11,15,18,20H,12-13H2,1-2H3,(H,21,22)/t15?,18-/m1/s1. The highest BCUT2D eigenvalue weighted by molar-refractivity contribution is 5.74. The Morgan fingerprint density at radius 1 is 1.05 bits per heavy atom. The molecule has 1 unspecified atom stereocenters. The molecule has 0 bridgehead atoms. The van der Waals surface area contributed by atoms with Crippen molar-refractivity contribution >= 4 is 5.97 Å². The molecule has 0 aliphatic heterocycles. The van der Waals surface area contributed by atoms with Gasteiger partial charge < -0.3 is 10.4 Å². The van der Waals surface area contributed by atoms with Gasteiger partial charge in [-0.25, -0.2) is 0 Å². The first-order valence-corrected chi connectivity index (χ1v) is 7.63. The molecule has 116 valence electrons. The third kappa shape index (κ3) is 4.71. The second kappa shape index (κ2) is 7.76. The molecule has 0 saturated carbocycles. The quantitative estimate of drug-likeness (QED) is 0.825. The Kier molecular flexibility index (Phi) is 5.73. The molecule has 2 N–H and O–H groups in total. The molecule has 0 amide bonds. The first kappa shape index (κ1) is 16.2. The lowest BCUT2D eigenvalue weighted by Gasteiger charge is -2.21. The fraction of sp³-hybridized carbons (Fsp3) is 0.316.